The fourth-order valence-corrected chi connectivity index (χ4v) is 5.65. The van der Waals surface area contributed by atoms with Crippen molar-refractivity contribution in [1.29, 1.82) is 0 Å². The van der Waals surface area contributed by atoms with Gasteiger partial charge in [0.05, 0.1) is 41.3 Å². The van der Waals surface area contributed by atoms with Crippen LogP contribution in [0.4, 0.5) is 23.0 Å². The predicted molar refractivity (Wildman–Crippen MR) is 146 cm³/mol. The number of hydrogen-bond acceptors (Lipinski definition) is 18. The van der Waals surface area contributed by atoms with Crippen molar-refractivity contribution >= 4 is 91.2 Å². The SMILES string of the molecule is O=S(=O)(O)c1c(Nc2nc(Cl)nc(Cl)n2)ccc2c(CO)c(N=Nc3cc(SOOO)ccc3O)c(SOOO)cc12. The van der Waals surface area contributed by atoms with E-state index in [1.807, 2.05) is 0 Å². The molecule has 4 rings (SSSR count). The number of phenolic OH excluding ortho intramolecular Hbond substituents is 1. The first-order valence-corrected chi connectivity index (χ1v) is 14.3. The average molecular weight is 681 g/mol. The molecule has 0 aliphatic rings. The summed E-state index contributed by atoms with van der Waals surface area (Å²) < 4.78 is 44.2. The second-order valence-corrected chi connectivity index (χ2v) is 11.0. The highest BCUT2D eigenvalue weighted by atomic mass is 35.5. The zero-order chi connectivity index (χ0) is 30.4. The zero-order valence-electron chi connectivity index (χ0n) is 20.1. The summed E-state index contributed by atoms with van der Waals surface area (Å²) in [6.45, 7) is -0.737. The molecule has 0 unspecified atom stereocenters. The summed E-state index contributed by atoms with van der Waals surface area (Å²) in [5.41, 5.74) is -0.415. The molecule has 42 heavy (non-hydrogen) atoms. The topological polar surface area (TPSA) is 248 Å². The van der Waals surface area contributed by atoms with Gasteiger partial charge in [-0.25, -0.2) is 10.5 Å². The van der Waals surface area contributed by atoms with Crippen LogP contribution in [0.1, 0.15) is 5.56 Å². The number of azo groups is 1. The molecule has 1 aromatic heterocycles. The average Bonchev–Trinajstić information content (AvgIpc) is 2.93. The molecule has 4 aromatic rings. The van der Waals surface area contributed by atoms with Crippen molar-refractivity contribution in [2.24, 2.45) is 10.2 Å². The molecule has 0 aliphatic carbocycles. The van der Waals surface area contributed by atoms with Gasteiger partial charge in [-0.2, -0.15) is 23.4 Å². The predicted octanol–water partition coefficient (Wildman–Crippen LogP) is 5.79. The van der Waals surface area contributed by atoms with Gasteiger partial charge in [0.15, 0.2) is 0 Å². The van der Waals surface area contributed by atoms with E-state index in [4.69, 9.17) is 33.7 Å². The Balaban J connectivity index is 1.92. The van der Waals surface area contributed by atoms with Crippen LogP contribution < -0.4 is 5.32 Å². The van der Waals surface area contributed by atoms with E-state index in [0.29, 0.717) is 29.0 Å². The molecular weight excluding hydrogens is 667 g/mol. The number of nitrogens with zero attached hydrogens (tertiary/aromatic N) is 5. The summed E-state index contributed by atoms with van der Waals surface area (Å²) >= 11 is 12.5. The molecule has 222 valence electrons. The number of anilines is 2. The molecule has 6 N–H and O–H groups in total. The van der Waals surface area contributed by atoms with E-state index < -0.39 is 21.6 Å². The third kappa shape index (κ3) is 7.51. The van der Waals surface area contributed by atoms with Crippen LogP contribution in [0, 0.1) is 0 Å². The summed E-state index contributed by atoms with van der Waals surface area (Å²) in [4.78, 5) is 10.8. The fourth-order valence-electron chi connectivity index (χ4n) is 3.54. The lowest BCUT2D eigenvalue weighted by molar-refractivity contribution is -0.432. The monoisotopic (exact) mass is 680 g/mol. The highest BCUT2D eigenvalue weighted by Gasteiger charge is 2.25. The standard InChI is InChI=1S/C20H14Cl2N6O11S3/c21-18-24-19(22)26-20(25-18)23-12-3-2-9-10(17(12)42(33,34)35)6-15(41-39-37-32)16(11(9)7-29)28-27-13-5-8(40-38-36-31)1-4-14(13)30/h1-6,29-32H,7H2,(H,33,34,35)(H,23,24,25,26). The van der Waals surface area contributed by atoms with Gasteiger partial charge >= 0.3 is 0 Å². The van der Waals surface area contributed by atoms with E-state index in [1.165, 1.54) is 36.4 Å². The minimum atomic E-state index is -4.99. The molecular formula is C20H14Cl2N6O11S3. The molecule has 0 amide bonds. The molecule has 0 atom stereocenters. The lowest BCUT2D eigenvalue weighted by atomic mass is 10.0. The Morgan fingerprint density at radius 2 is 1.62 bits per heavy atom. The summed E-state index contributed by atoms with van der Waals surface area (Å²) in [5.74, 6) is -0.564. The maximum atomic E-state index is 12.6. The Hall–Kier alpha value is -2.96. The van der Waals surface area contributed by atoms with E-state index in [0.717, 1.165) is 0 Å². The smallest absolute Gasteiger partial charge is 0.297 e. The number of nitrogens with one attached hydrogen (secondary N) is 1. The van der Waals surface area contributed by atoms with Crippen LogP contribution in [-0.2, 0) is 35.5 Å². The lowest BCUT2D eigenvalue weighted by Gasteiger charge is -2.16. The Morgan fingerprint density at radius 3 is 2.26 bits per heavy atom. The number of rotatable bonds is 12. The first-order chi connectivity index (χ1) is 20.0. The summed E-state index contributed by atoms with van der Waals surface area (Å²) in [5, 5.41) is 54.8. The van der Waals surface area contributed by atoms with Crippen LogP contribution in [0.5, 0.6) is 5.75 Å². The van der Waals surface area contributed by atoms with Gasteiger partial charge in [-0.15, -0.1) is 18.9 Å². The van der Waals surface area contributed by atoms with Gasteiger partial charge in [0.1, 0.15) is 22.0 Å². The summed E-state index contributed by atoms with van der Waals surface area (Å²) in [6.07, 6.45) is 0. The van der Waals surface area contributed by atoms with Crippen molar-refractivity contribution < 1.29 is 52.4 Å². The number of fused-ring (bicyclic) bond motifs is 1. The Kier molecular flexibility index (Phi) is 10.7. The number of halogens is 2. The molecule has 22 heteroatoms. The van der Waals surface area contributed by atoms with E-state index in [1.54, 1.807) is 0 Å². The molecule has 17 nitrogen and oxygen atoms in total. The van der Waals surface area contributed by atoms with Crippen molar-refractivity contribution in [1.82, 2.24) is 15.0 Å². The quantitative estimate of drug-likeness (QED) is 0.0340. The number of aliphatic hydroxyl groups excluding tert-OH is 1. The maximum absolute atomic E-state index is 12.6. The molecule has 0 fully saturated rings. The van der Waals surface area contributed by atoms with Crippen LogP contribution in [0.2, 0.25) is 10.6 Å². The minimum Gasteiger partial charge on any atom is -0.506 e. The van der Waals surface area contributed by atoms with Gasteiger partial charge in [0.25, 0.3) is 10.1 Å². The van der Waals surface area contributed by atoms with Crippen molar-refractivity contribution in [3.05, 3.63) is 52.5 Å². The molecule has 0 saturated heterocycles. The highest BCUT2D eigenvalue weighted by molar-refractivity contribution is 7.95. The van der Waals surface area contributed by atoms with Gasteiger partial charge in [-0.3, -0.25) is 4.55 Å². The molecule has 0 radical (unpaired) electrons. The van der Waals surface area contributed by atoms with Gasteiger partial charge in [-0.1, -0.05) is 16.1 Å². The van der Waals surface area contributed by atoms with E-state index >= 15 is 0 Å². The molecule has 0 saturated carbocycles. The normalized spacial score (nSPS) is 12.0. The largest absolute Gasteiger partial charge is 0.506 e. The second-order valence-electron chi connectivity index (χ2n) is 7.50. The third-order valence-corrected chi connectivity index (χ3v) is 7.57. The lowest BCUT2D eigenvalue weighted by Crippen LogP contribution is -2.07. The van der Waals surface area contributed by atoms with Gasteiger partial charge in [0, 0.05) is 15.8 Å². The second kappa shape index (κ2) is 14.0. The summed E-state index contributed by atoms with van der Waals surface area (Å²) in [6, 6.07) is 7.81. The van der Waals surface area contributed by atoms with Crippen molar-refractivity contribution in [2.75, 3.05) is 5.32 Å². The van der Waals surface area contributed by atoms with Crippen LogP contribution in [0.25, 0.3) is 10.8 Å². The number of phenols is 1. The minimum absolute atomic E-state index is 0.00924. The number of hydrogen-bond donors (Lipinski definition) is 6. The first-order valence-electron chi connectivity index (χ1n) is 10.6. The van der Waals surface area contributed by atoms with Gasteiger partial charge in [0.2, 0.25) is 16.5 Å². The van der Waals surface area contributed by atoms with Crippen molar-refractivity contribution in [2.45, 2.75) is 21.3 Å². The third-order valence-electron chi connectivity index (χ3n) is 5.08. The number of aromatic hydroxyl groups is 1. The van der Waals surface area contributed by atoms with Gasteiger partial charge in [-0.05, 0) is 58.9 Å². The van der Waals surface area contributed by atoms with Gasteiger partial charge < -0.3 is 15.5 Å². The Bertz CT molecular complexity index is 1750. The highest BCUT2D eigenvalue weighted by Crippen LogP contribution is 2.44. The maximum Gasteiger partial charge on any atom is 0.297 e. The number of benzene rings is 3. The van der Waals surface area contributed by atoms with Crippen molar-refractivity contribution in [3.63, 3.8) is 0 Å². The molecule has 0 aliphatic heterocycles. The Labute approximate surface area is 252 Å². The number of aromatic nitrogens is 3. The molecule has 1 heterocycles. The molecule has 0 bridgehead atoms. The first kappa shape index (κ1) is 32.0. The van der Waals surface area contributed by atoms with E-state index in [9.17, 15) is 23.2 Å². The van der Waals surface area contributed by atoms with Crippen LogP contribution in [0.3, 0.4) is 0 Å². The Morgan fingerprint density at radius 1 is 0.929 bits per heavy atom. The molecule has 0 spiro atoms. The molecule has 3 aromatic carbocycles. The van der Waals surface area contributed by atoms with Crippen LogP contribution in [-0.4, -0.2) is 48.7 Å². The van der Waals surface area contributed by atoms with Crippen LogP contribution in [0.15, 0.2) is 61.3 Å². The zero-order valence-corrected chi connectivity index (χ0v) is 24.0. The summed E-state index contributed by atoms with van der Waals surface area (Å²) in [7, 11) is -4.99. The number of aliphatic hydroxyl groups is 1. The van der Waals surface area contributed by atoms with E-state index in [2.05, 4.69) is 49.2 Å². The fraction of sp³-hybridized carbons (Fsp3) is 0.0500. The van der Waals surface area contributed by atoms with E-state index in [-0.39, 0.29) is 60.6 Å². The van der Waals surface area contributed by atoms with Crippen molar-refractivity contribution in [3.8, 4) is 5.75 Å². The van der Waals surface area contributed by atoms with Crippen LogP contribution >= 0.6 is 47.3 Å².